The normalized spacial score (nSPS) is 14.2. The third-order valence-electron chi connectivity index (χ3n) is 1.82. The highest BCUT2D eigenvalue weighted by molar-refractivity contribution is 4.72. The number of hydrogen-bond acceptors (Lipinski definition) is 4. The second kappa shape index (κ2) is 8.05. The van der Waals surface area contributed by atoms with Crippen molar-refractivity contribution >= 4 is 0 Å². The van der Waals surface area contributed by atoms with Gasteiger partial charge in [0.2, 0.25) is 0 Å². The van der Waals surface area contributed by atoms with E-state index in [9.17, 15) is 5.11 Å². The molecule has 0 radical (unpaired) electrons. The Hall–Kier alpha value is -0.160. The van der Waals surface area contributed by atoms with Crippen molar-refractivity contribution in [3.63, 3.8) is 0 Å². The molecule has 0 saturated carbocycles. The molecule has 0 spiro atoms. The molecule has 0 saturated heterocycles. The highest BCUT2D eigenvalue weighted by Gasteiger charge is 2.11. The molecule has 1 atom stereocenters. The van der Waals surface area contributed by atoms with Crippen molar-refractivity contribution in [1.29, 1.82) is 0 Å². The summed E-state index contributed by atoms with van der Waals surface area (Å²) in [5.41, 5.74) is 0.0387. The van der Waals surface area contributed by atoms with Gasteiger partial charge in [0.15, 0.2) is 0 Å². The smallest absolute Gasteiger partial charge is 0.0897 e. The molecule has 0 bridgehead atoms. The number of methoxy groups -OCH3 is 1. The molecule has 2 N–H and O–H groups in total. The molecule has 4 nitrogen and oxygen atoms in total. The number of ether oxygens (including phenoxy) is 2. The molecule has 0 aromatic heterocycles. The Labute approximate surface area is 93.0 Å². The number of aliphatic hydroxyl groups is 1. The van der Waals surface area contributed by atoms with Gasteiger partial charge in [-0.25, -0.2) is 0 Å². The fourth-order valence-corrected chi connectivity index (χ4v) is 1.01. The molecular formula is C11H25NO3. The Morgan fingerprint density at radius 1 is 1.27 bits per heavy atom. The van der Waals surface area contributed by atoms with Gasteiger partial charge in [-0.3, -0.25) is 0 Å². The third kappa shape index (κ3) is 11.8. The van der Waals surface area contributed by atoms with Gasteiger partial charge in [0.25, 0.3) is 0 Å². The molecule has 4 heteroatoms. The molecule has 0 aromatic rings. The second-order valence-corrected chi connectivity index (χ2v) is 4.71. The first kappa shape index (κ1) is 14.8. The van der Waals surface area contributed by atoms with Crippen LogP contribution in [0.1, 0.15) is 27.2 Å². The summed E-state index contributed by atoms with van der Waals surface area (Å²) in [6.07, 6.45) is 0.433. The minimum atomic E-state index is -0.438. The summed E-state index contributed by atoms with van der Waals surface area (Å²) in [7, 11) is 1.67. The van der Waals surface area contributed by atoms with Crippen molar-refractivity contribution in [2.75, 3.05) is 33.5 Å². The minimum Gasteiger partial charge on any atom is -0.389 e. The molecule has 0 aliphatic heterocycles. The van der Waals surface area contributed by atoms with Gasteiger partial charge in [-0.05, 0) is 27.2 Å². The van der Waals surface area contributed by atoms with Crippen molar-refractivity contribution in [2.45, 2.75) is 38.8 Å². The lowest BCUT2D eigenvalue weighted by molar-refractivity contribution is 0.0265. The molecule has 0 heterocycles. The molecule has 0 fully saturated rings. The summed E-state index contributed by atoms with van der Waals surface area (Å²) >= 11 is 0. The van der Waals surface area contributed by atoms with E-state index in [1.807, 2.05) is 0 Å². The van der Waals surface area contributed by atoms with Crippen molar-refractivity contribution in [1.82, 2.24) is 5.32 Å². The summed E-state index contributed by atoms with van der Waals surface area (Å²) in [5, 5.41) is 12.8. The van der Waals surface area contributed by atoms with Crippen molar-refractivity contribution in [3.8, 4) is 0 Å². The minimum absolute atomic E-state index is 0.0387. The zero-order valence-electron chi connectivity index (χ0n) is 10.4. The number of rotatable bonds is 8. The van der Waals surface area contributed by atoms with E-state index in [-0.39, 0.29) is 5.54 Å². The Balaban J connectivity index is 3.30. The van der Waals surface area contributed by atoms with Gasteiger partial charge in [0.05, 0.1) is 12.7 Å². The predicted molar refractivity (Wildman–Crippen MR) is 61.1 cm³/mol. The zero-order valence-corrected chi connectivity index (χ0v) is 10.4. The standard InChI is InChI=1S/C11H25NO3/c1-11(2,3)12-8-10(13)9-15-7-5-6-14-4/h10,12-13H,5-9H2,1-4H3. The first-order chi connectivity index (χ1) is 6.95. The van der Waals surface area contributed by atoms with Gasteiger partial charge in [-0.2, -0.15) is 0 Å². The quantitative estimate of drug-likeness (QED) is 0.593. The lowest BCUT2D eigenvalue weighted by Crippen LogP contribution is -2.42. The largest absolute Gasteiger partial charge is 0.389 e. The summed E-state index contributed by atoms with van der Waals surface area (Å²) in [4.78, 5) is 0. The zero-order chi connectivity index (χ0) is 11.7. The van der Waals surface area contributed by atoms with E-state index in [2.05, 4.69) is 26.1 Å². The molecule has 0 aromatic carbocycles. The summed E-state index contributed by atoms with van der Waals surface area (Å²) in [6.45, 7) is 8.49. The van der Waals surface area contributed by atoms with Crippen LogP contribution in [0.3, 0.4) is 0 Å². The van der Waals surface area contributed by atoms with Gasteiger partial charge in [-0.15, -0.1) is 0 Å². The fraction of sp³-hybridized carbons (Fsp3) is 1.00. The van der Waals surface area contributed by atoms with Crippen LogP contribution in [-0.4, -0.2) is 50.2 Å². The average Bonchev–Trinajstić information content (AvgIpc) is 2.13. The first-order valence-corrected chi connectivity index (χ1v) is 5.45. The monoisotopic (exact) mass is 219 g/mol. The maximum absolute atomic E-state index is 9.55. The lowest BCUT2D eigenvalue weighted by Gasteiger charge is -2.22. The Kier molecular flexibility index (Phi) is 7.96. The number of aliphatic hydroxyl groups excluding tert-OH is 1. The van der Waals surface area contributed by atoms with Crippen LogP contribution >= 0.6 is 0 Å². The van der Waals surface area contributed by atoms with Gasteiger partial charge in [0.1, 0.15) is 0 Å². The highest BCUT2D eigenvalue weighted by Crippen LogP contribution is 1.98. The average molecular weight is 219 g/mol. The highest BCUT2D eigenvalue weighted by atomic mass is 16.5. The van der Waals surface area contributed by atoms with E-state index in [0.29, 0.717) is 26.4 Å². The Morgan fingerprint density at radius 3 is 2.47 bits per heavy atom. The second-order valence-electron chi connectivity index (χ2n) is 4.71. The lowest BCUT2D eigenvalue weighted by atomic mass is 10.1. The fourth-order valence-electron chi connectivity index (χ4n) is 1.01. The van der Waals surface area contributed by atoms with Crippen LogP contribution in [-0.2, 0) is 9.47 Å². The predicted octanol–water partition coefficient (Wildman–Crippen LogP) is 0.788. The van der Waals surface area contributed by atoms with Crippen LogP contribution in [0.5, 0.6) is 0 Å². The van der Waals surface area contributed by atoms with E-state index < -0.39 is 6.10 Å². The molecule has 0 amide bonds. The number of hydrogen-bond donors (Lipinski definition) is 2. The number of nitrogens with one attached hydrogen (secondary N) is 1. The molecular weight excluding hydrogens is 194 g/mol. The number of β-amino-alcohol motifs (C(OH)–C–C–N with tert-alkyl or cyclic N) is 1. The Morgan fingerprint density at radius 2 is 1.93 bits per heavy atom. The molecule has 92 valence electrons. The van der Waals surface area contributed by atoms with Crippen molar-refractivity contribution in [3.05, 3.63) is 0 Å². The van der Waals surface area contributed by atoms with Crippen molar-refractivity contribution in [2.24, 2.45) is 0 Å². The van der Waals surface area contributed by atoms with E-state index >= 15 is 0 Å². The van der Waals surface area contributed by atoms with Gasteiger partial charge in [0, 0.05) is 32.4 Å². The SMILES string of the molecule is COCCCOCC(O)CNC(C)(C)C. The summed E-state index contributed by atoms with van der Waals surface area (Å²) in [6, 6.07) is 0. The van der Waals surface area contributed by atoms with Crippen LogP contribution in [0.25, 0.3) is 0 Å². The van der Waals surface area contributed by atoms with E-state index in [4.69, 9.17) is 9.47 Å². The Bertz CT molecular complexity index is 145. The van der Waals surface area contributed by atoms with Gasteiger partial charge < -0.3 is 19.9 Å². The van der Waals surface area contributed by atoms with Crippen LogP contribution in [0, 0.1) is 0 Å². The van der Waals surface area contributed by atoms with E-state index in [1.165, 1.54) is 0 Å². The van der Waals surface area contributed by atoms with Crippen LogP contribution in [0.4, 0.5) is 0 Å². The van der Waals surface area contributed by atoms with Crippen LogP contribution in [0.15, 0.2) is 0 Å². The van der Waals surface area contributed by atoms with Gasteiger partial charge in [-0.1, -0.05) is 0 Å². The molecule has 1 unspecified atom stereocenters. The molecule has 0 rings (SSSR count). The molecule has 0 aliphatic rings. The topological polar surface area (TPSA) is 50.7 Å². The van der Waals surface area contributed by atoms with E-state index in [1.54, 1.807) is 7.11 Å². The summed E-state index contributed by atoms with van der Waals surface area (Å²) < 4.78 is 10.2. The first-order valence-electron chi connectivity index (χ1n) is 5.45. The summed E-state index contributed by atoms with van der Waals surface area (Å²) in [5.74, 6) is 0. The van der Waals surface area contributed by atoms with Gasteiger partial charge >= 0.3 is 0 Å². The van der Waals surface area contributed by atoms with E-state index in [0.717, 1.165) is 6.42 Å². The maximum Gasteiger partial charge on any atom is 0.0897 e. The van der Waals surface area contributed by atoms with Crippen LogP contribution in [0.2, 0.25) is 0 Å². The van der Waals surface area contributed by atoms with Crippen molar-refractivity contribution < 1.29 is 14.6 Å². The maximum atomic E-state index is 9.55. The van der Waals surface area contributed by atoms with Crippen LogP contribution < -0.4 is 5.32 Å². The molecule has 0 aliphatic carbocycles. The molecule has 15 heavy (non-hydrogen) atoms. The third-order valence-corrected chi connectivity index (χ3v) is 1.82.